The van der Waals surface area contributed by atoms with Crippen molar-refractivity contribution in [2.75, 3.05) is 39.3 Å². The molecule has 3 aromatic rings. The molecule has 0 atom stereocenters. The first-order valence-corrected chi connectivity index (χ1v) is 13.1. The molecule has 0 radical (unpaired) electrons. The third-order valence-corrected chi connectivity index (χ3v) is 8.23. The van der Waals surface area contributed by atoms with Crippen LogP contribution in [0.1, 0.15) is 30.2 Å². The van der Waals surface area contributed by atoms with E-state index in [4.69, 9.17) is 16.3 Å². The number of ether oxygens (including phenoxy) is 1. The number of rotatable bonds is 6. The molecule has 0 N–H and O–H groups in total. The molecule has 0 saturated carbocycles. The Morgan fingerprint density at radius 3 is 2.50 bits per heavy atom. The molecule has 4 heterocycles. The topological polar surface area (TPSA) is 78.9 Å². The van der Waals surface area contributed by atoms with Gasteiger partial charge in [-0.3, -0.25) is 14.5 Å². The average molecular weight is 518 g/mol. The van der Waals surface area contributed by atoms with Crippen LogP contribution in [0.3, 0.4) is 0 Å². The summed E-state index contributed by atoms with van der Waals surface area (Å²) in [6, 6.07) is 7.51. The summed E-state index contributed by atoms with van der Waals surface area (Å²) in [5.41, 5.74) is 0.738. The van der Waals surface area contributed by atoms with Crippen LogP contribution in [0, 0.1) is 6.92 Å². The first kappa shape index (κ1) is 23.2. The quantitative estimate of drug-likeness (QED) is 0.498. The molecule has 2 aliphatic heterocycles. The van der Waals surface area contributed by atoms with Crippen LogP contribution in [-0.4, -0.2) is 81.8 Å². The molecular formula is C23H24ClN5O3S2. The van der Waals surface area contributed by atoms with Crippen molar-refractivity contribution in [3.05, 3.63) is 61.5 Å². The van der Waals surface area contributed by atoms with Gasteiger partial charge >= 0.3 is 0 Å². The zero-order valence-corrected chi connectivity index (χ0v) is 21.0. The number of aromatic nitrogens is 2. The second-order valence-electron chi connectivity index (χ2n) is 8.29. The predicted octanol–water partition coefficient (Wildman–Crippen LogP) is 3.42. The van der Waals surface area contributed by atoms with Crippen LogP contribution in [0.5, 0.6) is 5.75 Å². The SMILES string of the molecule is Cc1nc(COc2ccc(Cl)cc2)sc1C(=O)N1CC(N2CCN(C(=O)c3nccs3)CC2)C1. The lowest BCUT2D eigenvalue weighted by Crippen LogP contribution is -2.64. The zero-order valence-electron chi connectivity index (χ0n) is 18.6. The van der Waals surface area contributed by atoms with Gasteiger partial charge in [-0.1, -0.05) is 11.6 Å². The number of hydrogen-bond acceptors (Lipinski definition) is 8. The maximum Gasteiger partial charge on any atom is 0.282 e. The second-order valence-corrected chi connectivity index (χ2v) is 10.7. The largest absolute Gasteiger partial charge is 0.486 e. The van der Waals surface area contributed by atoms with Crippen molar-refractivity contribution in [1.82, 2.24) is 24.7 Å². The van der Waals surface area contributed by atoms with E-state index in [1.165, 1.54) is 22.7 Å². The molecule has 34 heavy (non-hydrogen) atoms. The minimum Gasteiger partial charge on any atom is -0.486 e. The Morgan fingerprint density at radius 2 is 1.82 bits per heavy atom. The molecule has 1 aromatic carbocycles. The van der Waals surface area contributed by atoms with Crippen molar-refractivity contribution in [2.45, 2.75) is 19.6 Å². The Hall–Kier alpha value is -2.53. The number of carbonyl (C=O) groups is 2. The van der Waals surface area contributed by atoms with Crippen molar-refractivity contribution in [2.24, 2.45) is 0 Å². The summed E-state index contributed by atoms with van der Waals surface area (Å²) in [6.45, 7) is 6.59. The number of likely N-dealkylation sites (tertiary alicyclic amines) is 1. The summed E-state index contributed by atoms with van der Waals surface area (Å²) in [4.78, 5) is 41.0. The number of carbonyl (C=O) groups excluding carboxylic acids is 2. The van der Waals surface area contributed by atoms with Gasteiger partial charge in [-0.25, -0.2) is 9.97 Å². The molecule has 5 rings (SSSR count). The fraction of sp³-hybridized carbons (Fsp3) is 0.391. The van der Waals surface area contributed by atoms with E-state index in [1.54, 1.807) is 18.3 Å². The van der Waals surface area contributed by atoms with Gasteiger partial charge in [-0.05, 0) is 31.2 Å². The fourth-order valence-electron chi connectivity index (χ4n) is 4.14. The van der Waals surface area contributed by atoms with E-state index in [0.29, 0.717) is 59.5 Å². The molecular weight excluding hydrogens is 494 g/mol. The Morgan fingerprint density at radius 1 is 1.09 bits per heavy atom. The minimum atomic E-state index is 0.0107. The van der Waals surface area contributed by atoms with Gasteiger partial charge in [0.25, 0.3) is 11.8 Å². The third-order valence-electron chi connectivity index (χ3n) is 6.09. The standard InChI is InChI=1S/C23H24ClN5O3S2/c1-15-20(34-19(26-15)14-32-18-4-2-16(24)3-5-18)22(30)29-12-17(13-29)27-7-9-28(10-8-27)23(31)21-25-6-11-33-21/h2-6,11,17H,7-10,12-14H2,1H3. The van der Waals surface area contributed by atoms with Crippen molar-refractivity contribution in [3.63, 3.8) is 0 Å². The Balaban J connectivity index is 1.10. The lowest BCUT2D eigenvalue weighted by atomic mass is 10.1. The summed E-state index contributed by atoms with van der Waals surface area (Å²) >= 11 is 8.67. The van der Waals surface area contributed by atoms with Crippen LogP contribution in [0.25, 0.3) is 0 Å². The van der Waals surface area contributed by atoms with Gasteiger partial charge in [0.05, 0.1) is 5.69 Å². The van der Waals surface area contributed by atoms with E-state index in [2.05, 4.69) is 14.9 Å². The lowest BCUT2D eigenvalue weighted by Gasteiger charge is -2.47. The molecule has 2 saturated heterocycles. The lowest BCUT2D eigenvalue weighted by molar-refractivity contribution is 0.00874. The van der Waals surface area contributed by atoms with Crippen LogP contribution in [0.15, 0.2) is 35.8 Å². The van der Waals surface area contributed by atoms with Gasteiger partial charge in [0.1, 0.15) is 22.2 Å². The van der Waals surface area contributed by atoms with E-state index in [-0.39, 0.29) is 11.8 Å². The molecule has 2 aliphatic rings. The van der Waals surface area contributed by atoms with E-state index >= 15 is 0 Å². The van der Waals surface area contributed by atoms with E-state index in [1.807, 2.05) is 34.2 Å². The summed E-state index contributed by atoms with van der Waals surface area (Å²) in [5.74, 6) is 0.752. The van der Waals surface area contributed by atoms with E-state index in [9.17, 15) is 9.59 Å². The molecule has 2 amide bonds. The summed E-state index contributed by atoms with van der Waals surface area (Å²) in [7, 11) is 0. The summed E-state index contributed by atoms with van der Waals surface area (Å²) < 4.78 is 5.77. The Bertz CT molecular complexity index is 1150. The molecule has 2 fully saturated rings. The highest BCUT2D eigenvalue weighted by atomic mass is 35.5. The van der Waals surface area contributed by atoms with Gasteiger partial charge in [-0.15, -0.1) is 22.7 Å². The van der Waals surface area contributed by atoms with E-state index in [0.717, 1.165) is 23.8 Å². The molecule has 0 unspecified atom stereocenters. The maximum atomic E-state index is 13.0. The second kappa shape index (κ2) is 9.99. The number of benzene rings is 1. The highest BCUT2D eigenvalue weighted by molar-refractivity contribution is 7.13. The fourth-order valence-corrected chi connectivity index (χ4v) is 5.81. The first-order valence-electron chi connectivity index (χ1n) is 11.0. The molecule has 2 aromatic heterocycles. The third kappa shape index (κ3) is 4.95. The normalized spacial score (nSPS) is 17.0. The maximum absolute atomic E-state index is 13.0. The minimum absolute atomic E-state index is 0.0107. The molecule has 8 nitrogen and oxygen atoms in total. The molecule has 11 heteroatoms. The number of hydrogen-bond donors (Lipinski definition) is 0. The van der Waals surface area contributed by atoms with Crippen LogP contribution in [0.2, 0.25) is 5.02 Å². The number of aryl methyl sites for hydroxylation is 1. The van der Waals surface area contributed by atoms with Crippen molar-refractivity contribution in [3.8, 4) is 5.75 Å². The Labute approximate surface area is 210 Å². The van der Waals surface area contributed by atoms with Crippen LogP contribution < -0.4 is 4.74 Å². The molecule has 178 valence electrons. The van der Waals surface area contributed by atoms with Gasteiger partial charge in [0, 0.05) is 61.9 Å². The molecule has 0 spiro atoms. The van der Waals surface area contributed by atoms with Crippen molar-refractivity contribution in [1.29, 1.82) is 0 Å². The monoisotopic (exact) mass is 517 g/mol. The highest BCUT2D eigenvalue weighted by Crippen LogP contribution is 2.26. The number of nitrogens with zero attached hydrogens (tertiary/aromatic N) is 5. The summed E-state index contributed by atoms with van der Waals surface area (Å²) in [5, 5.41) is 3.80. The predicted molar refractivity (Wildman–Crippen MR) is 132 cm³/mol. The first-order chi connectivity index (χ1) is 16.5. The van der Waals surface area contributed by atoms with Crippen molar-refractivity contribution < 1.29 is 14.3 Å². The van der Waals surface area contributed by atoms with Crippen LogP contribution in [-0.2, 0) is 6.61 Å². The van der Waals surface area contributed by atoms with Gasteiger partial charge in [0.2, 0.25) is 0 Å². The van der Waals surface area contributed by atoms with E-state index < -0.39 is 0 Å². The average Bonchev–Trinajstić information content (AvgIpc) is 3.48. The zero-order chi connectivity index (χ0) is 23.7. The van der Waals surface area contributed by atoms with Gasteiger partial charge in [0.15, 0.2) is 5.01 Å². The number of amides is 2. The van der Waals surface area contributed by atoms with Gasteiger partial charge in [-0.2, -0.15) is 0 Å². The molecule has 0 aliphatic carbocycles. The highest BCUT2D eigenvalue weighted by Gasteiger charge is 2.38. The number of piperazine rings is 1. The Kier molecular flexibility index (Phi) is 6.82. The summed E-state index contributed by atoms with van der Waals surface area (Å²) in [6.07, 6.45) is 1.66. The van der Waals surface area contributed by atoms with Crippen LogP contribution >= 0.6 is 34.3 Å². The van der Waals surface area contributed by atoms with Crippen LogP contribution in [0.4, 0.5) is 0 Å². The van der Waals surface area contributed by atoms with Gasteiger partial charge < -0.3 is 14.5 Å². The number of thiazole rings is 2. The smallest absolute Gasteiger partial charge is 0.282 e. The molecule has 0 bridgehead atoms. The van der Waals surface area contributed by atoms with Crippen molar-refractivity contribution >= 4 is 46.1 Å². The number of halogens is 1.